The SMILES string of the molecule is Cc1cc(C)c(Nc2ccc(C)cc2C(N)=O)c(C)c1. The van der Waals surface area contributed by atoms with Gasteiger partial charge in [-0.2, -0.15) is 0 Å². The molecule has 20 heavy (non-hydrogen) atoms. The van der Waals surface area contributed by atoms with Crippen LogP contribution in [0.15, 0.2) is 30.3 Å². The minimum atomic E-state index is -0.418. The lowest BCUT2D eigenvalue weighted by atomic mass is 10.0. The van der Waals surface area contributed by atoms with Crippen molar-refractivity contribution >= 4 is 17.3 Å². The number of primary amides is 1. The molecule has 2 rings (SSSR count). The molecule has 1 amide bonds. The van der Waals surface area contributed by atoms with Crippen molar-refractivity contribution in [3.63, 3.8) is 0 Å². The fourth-order valence-corrected chi connectivity index (χ4v) is 2.48. The van der Waals surface area contributed by atoms with E-state index in [1.54, 1.807) is 0 Å². The second kappa shape index (κ2) is 5.37. The molecule has 0 heterocycles. The van der Waals surface area contributed by atoms with E-state index in [-0.39, 0.29) is 0 Å². The highest BCUT2D eigenvalue weighted by atomic mass is 16.1. The van der Waals surface area contributed by atoms with Gasteiger partial charge in [-0.05, 0) is 51.0 Å². The average Bonchev–Trinajstić information content (AvgIpc) is 2.34. The summed E-state index contributed by atoms with van der Waals surface area (Å²) in [5.74, 6) is -0.418. The summed E-state index contributed by atoms with van der Waals surface area (Å²) in [6.07, 6.45) is 0. The maximum Gasteiger partial charge on any atom is 0.250 e. The molecule has 0 unspecified atom stereocenters. The Hall–Kier alpha value is -2.29. The number of nitrogens with one attached hydrogen (secondary N) is 1. The number of amides is 1. The number of nitrogens with two attached hydrogens (primary N) is 1. The molecule has 3 N–H and O–H groups in total. The number of carbonyl (C=O) groups is 1. The third kappa shape index (κ3) is 2.82. The molecule has 2 aromatic rings. The predicted octanol–water partition coefficient (Wildman–Crippen LogP) is 3.76. The zero-order chi connectivity index (χ0) is 14.9. The summed E-state index contributed by atoms with van der Waals surface area (Å²) in [6, 6.07) is 9.91. The molecule has 0 aromatic heterocycles. The molecule has 0 aliphatic carbocycles. The van der Waals surface area contributed by atoms with E-state index < -0.39 is 5.91 Å². The standard InChI is InChI=1S/C17H20N2O/c1-10-5-6-15(14(9-10)17(18)20)19-16-12(3)7-11(2)8-13(16)4/h5-9,19H,1-4H3,(H2,18,20). The fraction of sp³-hybridized carbons (Fsp3) is 0.235. The van der Waals surface area contributed by atoms with Crippen LogP contribution in [-0.4, -0.2) is 5.91 Å². The molecule has 0 bridgehead atoms. The summed E-state index contributed by atoms with van der Waals surface area (Å²) in [4.78, 5) is 11.6. The van der Waals surface area contributed by atoms with Gasteiger partial charge in [0.1, 0.15) is 0 Å². The first-order valence-electron chi connectivity index (χ1n) is 6.64. The summed E-state index contributed by atoms with van der Waals surface area (Å²) >= 11 is 0. The van der Waals surface area contributed by atoms with Crippen LogP contribution in [0.25, 0.3) is 0 Å². The van der Waals surface area contributed by atoms with Crippen LogP contribution in [-0.2, 0) is 0 Å². The van der Waals surface area contributed by atoms with Gasteiger partial charge in [-0.15, -0.1) is 0 Å². The monoisotopic (exact) mass is 268 g/mol. The van der Waals surface area contributed by atoms with E-state index in [1.807, 2.05) is 25.1 Å². The van der Waals surface area contributed by atoms with Gasteiger partial charge in [-0.3, -0.25) is 4.79 Å². The van der Waals surface area contributed by atoms with Crippen molar-refractivity contribution < 1.29 is 4.79 Å². The molecule has 0 aliphatic heterocycles. The van der Waals surface area contributed by atoms with Gasteiger partial charge < -0.3 is 11.1 Å². The number of benzene rings is 2. The Morgan fingerprint density at radius 2 is 1.55 bits per heavy atom. The van der Waals surface area contributed by atoms with Gasteiger partial charge in [0.05, 0.1) is 11.3 Å². The van der Waals surface area contributed by atoms with Crippen LogP contribution in [0, 0.1) is 27.7 Å². The highest BCUT2D eigenvalue weighted by Gasteiger charge is 2.11. The van der Waals surface area contributed by atoms with E-state index in [1.165, 1.54) is 5.56 Å². The Kier molecular flexibility index (Phi) is 3.79. The Balaban J connectivity index is 2.48. The molecule has 0 atom stereocenters. The number of rotatable bonds is 3. The van der Waals surface area contributed by atoms with Crippen molar-refractivity contribution in [1.82, 2.24) is 0 Å². The van der Waals surface area contributed by atoms with E-state index in [2.05, 4.69) is 38.2 Å². The predicted molar refractivity (Wildman–Crippen MR) is 83.6 cm³/mol. The third-order valence-corrected chi connectivity index (χ3v) is 3.38. The molecule has 104 valence electrons. The lowest BCUT2D eigenvalue weighted by Gasteiger charge is -2.16. The molecule has 3 heteroatoms. The number of anilines is 2. The van der Waals surface area contributed by atoms with E-state index >= 15 is 0 Å². The first-order valence-corrected chi connectivity index (χ1v) is 6.64. The van der Waals surface area contributed by atoms with Crippen molar-refractivity contribution in [3.05, 3.63) is 58.1 Å². The normalized spacial score (nSPS) is 10.4. The maximum absolute atomic E-state index is 11.6. The van der Waals surface area contributed by atoms with Crippen LogP contribution in [0.1, 0.15) is 32.6 Å². The zero-order valence-corrected chi connectivity index (χ0v) is 12.4. The van der Waals surface area contributed by atoms with Crippen LogP contribution in [0.4, 0.5) is 11.4 Å². The smallest absolute Gasteiger partial charge is 0.250 e. The Morgan fingerprint density at radius 1 is 0.950 bits per heavy atom. The minimum absolute atomic E-state index is 0.418. The van der Waals surface area contributed by atoms with Crippen molar-refractivity contribution in [2.45, 2.75) is 27.7 Å². The van der Waals surface area contributed by atoms with Gasteiger partial charge in [0.25, 0.3) is 5.91 Å². The largest absolute Gasteiger partial charge is 0.366 e. The molecule has 0 spiro atoms. The first-order chi connectivity index (χ1) is 9.38. The summed E-state index contributed by atoms with van der Waals surface area (Å²) < 4.78 is 0. The van der Waals surface area contributed by atoms with E-state index in [4.69, 9.17) is 5.73 Å². The minimum Gasteiger partial charge on any atom is -0.366 e. The molecule has 3 nitrogen and oxygen atoms in total. The van der Waals surface area contributed by atoms with Gasteiger partial charge in [0, 0.05) is 5.69 Å². The van der Waals surface area contributed by atoms with Gasteiger partial charge in [0.2, 0.25) is 0 Å². The van der Waals surface area contributed by atoms with Crippen molar-refractivity contribution in [1.29, 1.82) is 0 Å². The van der Waals surface area contributed by atoms with Crippen LogP contribution in [0.3, 0.4) is 0 Å². The van der Waals surface area contributed by atoms with E-state index in [0.29, 0.717) is 5.56 Å². The van der Waals surface area contributed by atoms with E-state index in [0.717, 1.165) is 28.1 Å². The second-order valence-electron chi connectivity index (χ2n) is 5.31. The van der Waals surface area contributed by atoms with Crippen LogP contribution < -0.4 is 11.1 Å². The fourth-order valence-electron chi connectivity index (χ4n) is 2.48. The van der Waals surface area contributed by atoms with Gasteiger partial charge in [-0.25, -0.2) is 0 Å². The quantitative estimate of drug-likeness (QED) is 0.890. The Labute approximate surface area is 119 Å². The Morgan fingerprint density at radius 3 is 2.10 bits per heavy atom. The first kappa shape index (κ1) is 14.1. The molecule has 0 radical (unpaired) electrons. The highest BCUT2D eigenvalue weighted by Crippen LogP contribution is 2.28. The lowest BCUT2D eigenvalue weighted by molar-refractivity contribution is 0.100. The van der Waals surface area contributed by atoms with Crippen LogP contribution in [0.2, 0.25) is 0 Å². The summed E-state index contributed by atoms with van der Waals surface area (Å²) in [7, 11) is 0. The maximum atomic E-state index is 11.6. The third-order valence-electron chi connectivity index (χ3n) is 3.38. The topological polar surface area (TPSA) is 55.1 Å². The summed E-state index contributed by atoms with van der Waals surface area (Å²) in [5, 5.41) is 3.34. The van der Waals surface area contributed by atoms with Crippen molar-refractivity contribution in [2.24, 2.45) is 5.73 Å². The molecule has 0 aliphatic rings. The van der Waals surface area contributed by atoms with Crippen molar-refractivity contribution in [3.8, 4) is 0 Å². The number of aryl methyl sites for hydroxylation is 4. The number of hydrogen-bond donors (Lipinski definition) is 2. The summed E-state index contributed by atoms with van der Waals surface area (Å²) in [5.41, 5.74) is 12.3. The van der Waals surface area contributed by atoms with Crippen LogP contribution >= 0.6 is 0 Å². The molecular weight excluding hydrogens is 248 g/mol. The second-order valence-corrected chi connectivity index (χ2v) is 5.31. The van der Waals surface area contributed by atoms with Gasteiger partial charge in [-0.1, -0.05) is 29.3 Å². The van der Waals surface area contributed by atoms with Crippen molar-refractivity contribution in [2.75, 3.05) is 5.32 Å². The van der Waals surface area contributed by atoms with Crippen LogP contribution in [0.5, 0.6) is 0 Å². The van der Waals surface area contributed by atoms with Gasteiger partial charge >= 0.3 is 0 Å². The molecule has 2 aromatic carbocycles. The zero-order valence-electron chi connectivity index (χ0n) is 12.4. The van der Waals surface area contributed by atoms with E-state index in [9.17, 15) is 4.79 Å². The lowest BCUT2D eigenvalue weighted by Crippen LogP contribution is -2.14. The molecule has 0 fully saturated rings. The number of hydrogen-bond acceptors (Lipinski definition) is 2. The molecule has 0 saturated carbocycles. The molecular formula is C17H20N2O. The molecule has 0 saturated heterocycles. The number of carbonyl (C=O) groups excluding carboxylic acids is 1. The van der Waals surface area contributed by atoms with Gasteiger partial charge in [0.15, 0.2) is 0 Å². The Bertz CT molecular complexity index is 652. The average molecular weight is 268 g/mol. The highest BCUT2D eigenvalue weighted by molar-refractivity contribution is 5.99. The summed E-state index contributed by atoms with van der Waals surface area (Å²) in [6.45, 7) is 8.13.